The third kappa shape index (κ3) is 3.75. The van der Waals surface area contributed by atoms with Gasteiger partial charge in [0.1, 0.15) is 16.9 Å². The number of rotatable bonds is 4. The zero-order valence-corrected chi connectivity index (χ0v) is 12.5. The molecule has 1 aliphatic rings. The van der Waals surface area contributed by atoms with E-state index < -0.39 is 0 Å². The molecule has 1 aromatic carbocycles. The number of nitrogens with one attached hydrogen (secondary N) is 1. The number of halogens is 1. The molecule has 1 amide bonds. The molecule has 0 radical (unpaired) electrons. The van der Waals surface area contributed by atoms with E-state index in [1.54, 1.807) is 18.2 Å². The predicted molar refractivity (Wildman–Crippen MR) is 81.9 cm³/mol. The molecule has 3 rings (SSSR count). The summed E-state index contributed by atoms with van der Waals surface area (Å²) < 4.78 is 18.5. The van der Waals surface area contributed by atoms with Crippen molar-refractivity contribution in [3.63, 3.8) is 0 Å². The molecule has 1 fully saturated rings. The third-order valence-corrected chi connectivity index (χ3v) is 4.08. The van der Waals surface area contributed by atoms with Gasteiger partial charge in [-0.25, -0.2) is 4.39 Å². The second-order valence-corrected chi connectivity index (χ2v) is 5.83. The summed E-state index contributed by atoms with van der Waals surface area (Å²) in [5.74, 6) is -0.674. The van der Waals surface area contributed by atoms with E-state index in [0.29, 0.717) is 10.7 Å². The lowest BCUT2D eigenvalue weighted by Crippen LogP contribution is -2.07. The number of aromatic nitrogens is 2. The Morgan fingerprint density at radius 3 is 3.14 bits per heavy atom. The second kappa shape index (κ2) is 6.76. The molecule has 1 aliphatic heterocycles. The summed E-state index contributed by atoms with van der Waals surface area (Å²) in [7, 11) is 0. The molecular formula is C15H14FN3O2S. The molecule has 1 unspecified atom stereocenters. The van der Waals surface area contributed by atoms with Gasteiger partial charge in [-0.2, -0.15) is 0 Å². The number of anilines is 1. The Kier molecular flexibility index (Phi) is 4.55. The molecule has 7 heteroatoms. The molecule has 114 valence electrons. The third-order valence-electron chi connectivity index (χ3n) is 3.15. The van der Waals surface area contributed by atoms with Crippen molar-refractivity contribution in [2.45, 2.75) is 18.9 Å². The number of benzene rings is 1. The number of carbonyl (C=O) groups excluding carboxylic acids is 1. The largest absolute Gasteiger partial charge is 0.371 e. The molecule has 2 heterocycles. The molecule has 0 saturated carbocycles. The topological polar surface area (TPSA) is 64.1 Å². The van der Waals surface area contributed by atoms with Crippen LogP contribution < -0.4 is 5.32 Å². The molecule has 1 atom stereocenters. The van der Waals surface area contributed by atoms with Crippen molar-refractivity contribution in [1.82, 2.24) is 10.2 Å². The van der Waals surface area contributed by atoms with Gasteiger partial charge in [-0.05, 0) is 36.6 Å². The van der Waals surface area contributed by atoms with Gasteiger partial charge >= 0.3 is 0 Å². The SMILES string of the molecule is O=C(/C=C/c1cccc(F)c1)Nc1nnc(C2CCCO2)s1. The zero-order chi connectivity index (χ0) is 15.4. The molecule has 2 aromatic rings. The molecule has 5 nitrogen and oxygen atoms in total. The monoisotopic (exact) mass is 319 g/mol. The van der Waals surface area contributed by atoms with E-state index in [-0.39, 0.29) is 17.8 Å². The minimum atomic E-state index is -0.340. The highest BCUT2D eigenvalue weighted by atomic mass is 32.1. The molecule has 1 saturated heterocycles. The highest BCUT2D eigenvalue weighted by Gasteiger charge is 2.22. The minimum Gasteiger partial charge on any atom is -0.371 e. The average molecular weight is 319 g/mol. The zero-order valence-electron chi connectivity index (χ0n) is 11.7. The highest BCUT2D eigenvalue weighted by molar-refractivity contribution is 7.15. The van der Waals surface area contributed by atoms with Crippen molar-refractivity contribution in [2.75, 3.05) is 11.9 Å². The second-order valence-electron chi connectivity index (χ2n) is 4.82. The van der Waals surface area contributed by atoms with E-state index in [9.17, 15) is 9.18 Å². The maximum atomic E-state index is 13.0. The fraction of sp³-hybridized carbons (Fsp3) is 0.267. The van der Waals surface area contributed by atoms with Gasteiger partial charge in [-0.3, -0.25) is 10.1 Å². The van der Waals surface area contributed by atoms with Gasteiger partial charge in [0.2, 0.25) is 11.0 Å². The average Bonchev–Trinajstić information content (AvgIpc) is 3.16. The van der Waals surface area contributed by atoms with Crippen molar-refractivity contribution < 1.29 is 13.9 Å². The van der Waals surface area contributed by atoms with Crippen LogP contribution in [0.25, 0.3) is 6.08 Å². The van der Waals surface area contributed by atoms with Crippen molar-refractivity contribution in [3.05, 3.63) is 46.7 Å². The lowest BCUT2D eigenvalue weighted by molar-refractivity contribution is -0.111. The van der Waals surface area contributed by atoms with Crippen LogP contribution >= 0.6 is 11.3 Å². The quantitative estimate of drug-likeness (QED) is 0.879. The normalized spacial score (nSPS) is 18.0. The Balaban J connectivity index is 1.59. The summed E-state index contributed by atoms with van der Waals surface area (Å²) in [6.45, 7) is 0.738. The molecule has 0 aliphatic carbocycles. The summed E-state index contributed by atoms with van der Waals surface area (Å²) in [6, 6.07) is 6.01. The molecule has 1 aromatic heterocycles. The number of ether oxygens (including phenoxy) is 1. The van der Waals surface area contributed by atoms with Crippen LogP contribution in [0.2, 0.25) is 0 Å². The first kappa shape index (κ1) is 14.8. The van der Waals surface area contributed by atoms with E-state index in [0.717, 1.165) is 24.5 Å². The number of amides is 1. The van der Waals surface area contributed by atoms with E-state index in [2.05, 4.69) is 15.5 Å². The Morgan fingerprint density at radius 2 is 2.36 bits per heavy atom. The number of hydrogen-bond donors (Lipinski definition) is 1. The standard InChI is InChI=1S/C15H14FN3O2S/c16-11-4-1-3-10(9-11)6-7-13(20)17-15-19-18-14(22-15)12-5-2-8-21-12/h1,3-4,6-7,9,12H,2,5,8H2,(H,17,19,20)/b7-6+. The smallest absolute Gasteiger partial charge is 0.250 e. The number of nitrogens with zero attached hydrogens (tertiary/aromatic N) is 2. The first-order chi connectivity index (χ1) is 10.7. The van der Waals surface area contributed by atoms with Crippen molar-refractivity contribution in [2.24, 2.45) is 0 Å². The fourth-order valence-corrected chi connectivity index (χ4v) is 2.95. The summed E-state index contributed by atoms with van der Waals surface area (Å²) in [5, 5.41) is 11.8. The lowest BCUT2D eigenvalue weighted by atomic mass is 10.2. The van der Waals surface area contributed by atoms with Crippen LogP contribution in [0.15, 0.2) is 30.3 Å². The minimum absolute atomic E-state index is 0.00834. The summed E-state index contributed by atoms with van der Waals surface area (Å²) in [5.41, 5.74) is 0.618. The van der Waals surface area contributed by atoms with Crippen molar-refractivity contribution in [1.29, 1.82) is 0 Å². The summed E-state index contributed by atoms with van der Waals surface area (Å²) in [6.07, 6.45) is 4.82. The Hall–Kier alpha value is -2.12. The van der Waals surface area contributed by atoms with Crippen LogP contribution in [-0.4, -0.2) is 22.7 Å². The maximum absolute atomic E-state index is 13.0. The first-order valence-corrected chi connectivity index (χ1v) is 7.72. The van der Waals surface area contributed by atoms with E-state index >= 15 is 0 Å². The van der Waals surface area contributed by atoms with Gasteiger partial charge in [0.05, 0.1) is 0 Å². The molecule has 22 heavy (non-hydrogen) atoms. The van der Waals surface area contributed by atoms with Gasteiger partial charge in [0.15, 0.2) is 0 Å². The summed E-state index contributed by atoms with van der Waals surface area (Å²) >= 11 is 1.31. The highest BCUT2D eigenvalue weighted by Crippen LogP contribution is 2.31. The van der Waals surface area contributed by atoms with Crippen molar-refractivity contribution in [3.8, 4) is 0 Å². The Labute approximate surface area is 130 Å². The maximum Gasteiger partial charge on any atom is 0.250 e. The van der Waals surface area contributed by atoms with Crippen LogP contribution in [0.4, 0.5) is 9.52 Å². The molecule has 0 spiro atoms. The predicted octanol–water partition coefficient (Wildman–Crippen LogP) is 3.18. The van der Waals surface area contributed by atoms with E-state index in [1.165, 1.54) is 29.5 Å². The van der Waals surface area contributed by atoms with E-state index in [1.807, 2.05) is 0 Å². The van der Waals surface area contributed by atoms with Crippen molar-refractivity contribution >= 4 is 28.5 Å². The van der Waals surface area contributed by atoms with Crippen LogP contribution in [0.3, 0.4) is 0 Å². The van der Waals surface area contributed by atoms with Gasteiger partial charge in [-0.1, -0.05) is 23.5 Å². The van der Waals surface area contributed by atoms with Crippen LogP contribution in [-0.2, 0) is 9.53 Å². The molecular weight excluding hydrogens is 305 g/mol. The lowest BCUT2D eigenvalue weighted by Gasteiger charge is -2.01. The van der Waals surface area contributed by atoms with Gasteiger partial charge in [-0.15, -0.1) is 10.2 Å². The Bertz CT molecular complexity index is 696. The van der Waals surface area contributed by atoms with Gasteiger partial charge in [0, 0.05) is 12.7 Å². The van der Waals surface area contributed by atoms with E-state index in [4.69, 9.17) is 4.74 Å². The van der Waals surface area contributed by atoms with Gasteiger partial charge < -0.3 is 4.74 Å². The number of carbonyl (C=O) groups is 1. The molecule has 1 N–H and O–H groups in total. The summed E-state index contributed by atoms with van der Waals surface area (Å²) in [4.78, 5) is 11.8. The first-order valence-electron chi connectivity index (χ1n) is 6.90. The van der Waals surface area contributed by atoms with Crippen LogP contribution in [0.1, 0.15) is 29.5 Å². The van der Waals surface area contributed by atoms with Gasteiger partial charge in [0.25, 0.3) is 0 Å². The van der Waals surface area contributed by atoms with Crippen LogP contribution in [0, 0.1) is 5.82 Å². The number of hydrogen-bond acceptors (Lipinski definition) is 5. The molecule has 0 bridgehead atoms. The van der Waals surface area contributed by atoms with Crippen LogP contribution in [0.5, 0.6) is 0 Å². The fourth-order valence-electron chi connectivity index (χ4n) is 2.12. The Morgan fingerprint density at radius 1 is 1.45 bits per heavy atom.